The molecule has 2 aliphatic heterocycles. The highest BCUT2D eigenvalue weighted by Crippen LogP contribution is 2.41. The zero-order valence-electron chi connectivity index (χ0n) is 34.1. The average molecular weight is 799 g/mol. The van der Waals surface area contributed by atoms with Crippen LogP contribution in [0.1, 0.15) is 94.4 Å². The van der Waals surface area contributed by atoms with Crippen molar-refractivity contribution in [2.24, 2.45) is 5.92 Å². The molecule has 8 rings (SSSR count). The first-order chi connectivity index (χ1) is 28.4. The number of amides is 2. The van der Waals surface area contributed by atoms with Crippen LogP contribution in [0.2, 0.25) is 0 Å². The lowest BCUT2D eigenvalue weighted by molar-refractivity contribution is -0.142. The number of rotatable bonds is 10. The zero-order chi connectivity index (χ0) is 41.4. The van der Waals surface area contributed by atoms with Crippen molar-refractivity contribution >= 4 is 17.8 Å². The molecule has 0 saturated heterocycles. The topological polar surface area (TPSA) is 153 Å². The van der Waals surface area contributed by atoms with Gasteiger partial charge in [0.1, 0.15) is 30.2 Å². The van der Waals surface area contributed by atoms with Gasteiger partial charge >= 0.3 is 5.97 Å². The molecule has 0 spiro atoms. The highest BCUT2D eigenvalue weighted by molar-refractivity contribution is 5.98. The van der Waals surface area contributed by atoms with Crippen LogP contribution in [0.5, 0.6) is 17.2 Å². The number of benzene rings is 3. The second-order valence-electron chi connectivity index (χ2n) is 16.2. The van der Waals surface area contributed by atoms with Crippen molar-refractivity contribution in [3.8, 4) is 28.4 Å². The number of carbonyl (C=O) groups is 3. The number of fused-ring (bicyclic) bond motifs is 2. The lowest BCUT2D eigenvalue weighted by Gasteiger charge is -2.37. The van der Waals surface area contributed by atoms with E-state index in [1.165, 1.54) is 17.7 Å². The largest absolute Gasteiger partial charge is 0.490 e. The Hall–Kier alpha value is -6.17. The van der Waals surface area contributed by atoms with Crippen LogP contribution < -0.4 is 19.5 Å². The molecule has 2 N–H and O–H groups in total. The standard InChI is InChI=1S/C47H50N4O8/c1-26-6-14-36(15-7-26)58-37-16-12-33(13-17-37)43-25-56-41-22-34-21-40(51(24-35(34)23-42(41)59-43)46(53)44-29(4)57-30(5)49-44)45(52)50-39(47(54)55)20-31-8-10-32(11-9-31)38-18-19-48-28(3)27(38)2/h8-13,16-19,22-23,26,36,39-40,43H,6-7,14-15,20-21,24-25H2,1-5H3,(H,50,52)(H,54,55). The van der Waals surface area contributed by atoms with Crippen LogP contribution in [0.4, 0.5) is 0 Å². The van der Waals surface area contributed by atoms with Crippen molar-refractivity contribution in [2.75, 3.05) is 6.61 Å². The minimum Gasteiger partial charge on any atom is -0.490 e. The van der Waals surface area contributed by atoms with Gasteiger partial charge in [0.15, 0.2) is 29.2 Å². The SMILES string of the molecule is Cc1nc(C(=O)N2Cc3cc4c(cc3CC2C(=O)NC(Cc2ccc(-c3ccnc(C)c3C)cc2)C(=O)O)OCC(c2ccc(OC3CCC(C)CC3)cc2)O4)c(C)o1. The van der Waals surface area contributed by atoms with Crippen LogP contribution in [0.3, 0.4) is 0 Å². The van der Waals surface area contributed by atoms with Crippen LogP contribution in [0, 0.1) is 33.6 Å². The van der Waals surface area contributed by atoms with Crippen LogP contribution in [-0.2, 0) is 29.0 Å². The second kappa shape index (κ2) is 16.6. The maximum absolute atomic E-state index is 14.2. The molecule has 5 aromatic rings. The van der Waals surface area contributed by atoms with Gasteiger partial charge < -0.3 is 34.0 Å². The summed E-state index contributed by atoms with van der Waals surface area (Å²) < 4.78 is 24.6. The third-order valence-electron chi connectivity index (χ3n) is 12.0. The third-order valence-corrected chi connectivity index (χ3v) is 12.0. The van der Waals surface area contributed by atoms with Crippen LogP contribution in [0.15, 0.2) is 77.3 Å². The summed E-state index contributed by atoms with van der Waals surface area (Å²) in [4.78, 5) is 51.1. The number of carbonyl (C=O) groups excluding carboxylic acids is 2. The van der Waals surface area contributed by atoms with Crippen molar-refractivity contribution in [3.63, 3.8) is 0 Å². The Balaban J connectivity index is 1.000. The van der Waals surface area contributed by atoms with Crippen LogP contribution in [-0.4, -0.2) is 62.6 Å². The molecule has 0 bridgehead atoms. The third kappa shape index (κ3) is 8.53. The zero-order valence-corrected chi connectivity index (χ0v) is 34.1. The van der Waals surface area contributed by atoms with Crippen LogP contribution in [0.25, 0.3) is 11.1 Å². The molecular formula is C47H50N4O8. The fourth-order valence-electron chi connectivity index (χ4n) is 8.40. The lowest BCUT2D eigenvalue weighted by Crippen LogP contribution is -2.56. The van der Waals surface area contributed by atoms with Crippen molar-refractivity contribution in [3.05, 3.63) is 124 Å². The number of carboxylic acid groups (broad SMARTS) is 1. The van der Waals surface area contributed by atoms with E-state index >= 15 is 0 Å². The molecule has 2 amide bonds. The van der Waals surface area contributed by atoms with E-state index in [2.05, 4.69) is 22.2 Å². The van der Waals surface area contributed by atoms with E-state index in [0.717, 1.165) is 69.1 Å². The van der Waals surface area contributed by atoms with E-state index in [4.69, 9.17) is 18.6 Å². The molecule has 3 unspecified atom stereocenters. The van der Waals surface area contributed by atoms with E-state index in [9.17, 15) is 19.5 Å². The second-order valence-corrected chi connectivity index (χ2v) is 16.2. The summed E-state index contributed by atoms with van der Waals surface area (Å²) in [7, 11) is 0. The number of ether oxygens (including phenoxy) is 3. The minimum absolute atomic E-state index is 0.0456. The molecule has 3 atom stereocenters. The fraction of sp³-hybridized carbons (Fsp3) is 0.383. The van der Waals surface area contributed by atoms with Gasteiger partial charge in [-0.1, -0.05) is 43.3 Å². The molecule has 12 heteroatoms. The maximum atomic E-state index is 14.2. The average Bonchev–Trinajstić information content (AvgIpc) is 3.58. The summed E-state index contributed by atoms with van der Waals surface area (Å²) in [5, 5.41) is 13.0. The summed E-state index contributed by atoms with van der Waals surface area (Å²) in [5.74, 6) is 1.06. The first-order valence-electron chi connectivity index (χ1n) is 20.4. The highest BCUT2D eigenvalue weighted by atomic mass is 16.6. The van der Waals surface area contributed by atoms with E-state index in [1.807, 2.05) is 80.6 Å². The molecule has 3 aliphatic rings. The number of hydrogen-bond acceptors (Lipinski definition) is 9. The number of nitrogens with zero attached hydrogens (tertiary/aromatic N) is 3. The maximum Gasteiger partial charge on any atom is 0.326 e. The molecule has 12 nitrogen and oxygen atoms in total. The van der Waals surface area contributed by atoms with Gasteiger partial charge in [-0.3, -0.25) is 14.6 Å². The Morgan fingerprint density at radius 2 is 1.66 bits per heavy atom. The van der Waals surface area contributed by atoms with Gasteiger partial charge in [0.25, 0.3) is 5.91 Å². The predicted octanol–water partition coefficient (Wildman–Crippen LogP) is 7.82. The number of carboxylic acids is 1. The Morgan fingerprint density at radius 1 is 0.932 bits per heavy atom. The molecule has 2 aromatic heterocycles. The molecule has 306 valence electrons. The van der Waals surface area contributed by atoms with Gasteiger partial charge in [-0.25, -0.2) is 9.78 Å². The smallest absolute Gasteiger partial charge is 0.326 e. The summed E-state index contributed by atoms with van der Waals surface area (Å²) >= 11 is 0. The summed E-state index contributed by atoms with van der Waals surface area (Å²) in [6.07, 6.45) is 6.33. The van der Waals surface area contributed by atoms with E-state index < -0.39 is 29.9 Å². The Kier molecular flexibility index (Phi) is 11.2. The summed E-state index contributed by atoms with van der Waals surface area (Å²) in [6, 6.07) is 19.0. The molecule has 4 heterocycles. The number of nitrogens with one attached hydrogen (secondary N) is 1. The Labute approximate surface area is 343 Å². The van der Waals surface area contributed by atoms with E-state index in [1.54, 1.807) is 20.0 Å². The molecule has 0 radical (unpaired) electrons. The number of aromatic nitrogens is 2. The number of hydrogen-bond donors (Lipinski definition) is 2. The van der Waals surface area contributed by atoms with Crippen molar-refractivity contribution in [2.45, 2.75) is 104 Å². The summed E-state index contributed by atoms with van der Waals surface area (Å²) in [6.45, 7) is 9.92. The van der Waals surface area contributed by atoms with Gasteiger partial charge in [-0.2, -0.15) is 0 Å². The molecule has 1 fully saturated rings. The number of aryl methyl sites for hydroxylation is 3. The minimum atomic E-state index is -1.25. The molecule has 1 aliphatic carbocycles. The van der Waals surface area contributed by atoms with Crippen molar-refractivity contribution in [1.82, 2.24) is 20.2 Å². The number of aliphatic carboxylic acids is 1. The predicted molar refractivity (Wildman–Crippen MR) is 220 cm³/mol. The lowest BCUT2D eigenvalue weighted by atomic mass is 9.89. The first kappa shape index (κ1) is 39.6. The highest BCUT2D eigenvalue weighted by Gasteiger charge is 2.39. The van der Waals surface area contributed by atoms with Gasteiger partial charge in [0, 0.05) is 38.2 Å². The van der Waals surface area contributed by atoms with Crippen molar-refractivity contribution in [1.29, 1.82) is 0 Å². The van der Waals surface area contributed by atoms with Crippen molar-refractivity contribution < 1.29 is 38.1 Å². The molecule has 3 aromatic carbocycles. The molecule has 1 saturated carbocycles. The number of pyridine rings is 1. The van der Waals surface area contributed by atoms with Gasteiger partial charge in [-0.05, 0) is 122 Å². The Bertz CT molecular complexity index is 2360. The van der Waals surface area contributed by atoms with Crippen LogP contribution >= 0.6 is 0 Å². The Morgan fingerprint density at radius 3 is 2.36 bits per heavy atom. The quantitative estimate of drug-likeness (QED) is 0.143. The summed E-state index contributed by atoms with van der Waals surface area (Å²) in [5.41, 5.74) is 7.40. The monoisotopic (exact) mass is 798 g/mol. The van der Waals surface area contributed by atoms with Gasteiger partial charge in [-0.15, -0.1) is 0 Å². The molecule has 59 heavy (non-hydrogen) atoms. The first-order valence-corrected chi connectivity index (χ1v) is 20.4. The van der Waals surface area contributed by atoms with E-state index in [-0.39, 0.29) is 43.9 Å². The van der Waals surface area contributed by atoms with E-state index in [0.29, 0.717) is 23.1 Å². The van der Waals surface area contributed by atoms with Gasteiger partial charge in [0.2, 0.25) is 5.91 Å². The molecular weight excluding hydrogens is 749 g/mol. The normalized spacial score (nSPS) is 20.3. The number of oxazole rings is 1. The fourth-order valence-corrected chi connectivity index (χ4v) is 8.40. The van der Waals surface area contributed by atoms with Gasteiger partial charge in [0.05, 0.1) is 6.10 Å².